The Labute approximate surface area is 123 Å². The molecular formula is C15H31N3O2. The van der Waals surface area contributed by atoms with Crippen LogP contribution in [0.25, 0.3) is 0 Å². The van der Waals surface area contributed by atoms with Crippen LogP contribution in [0.4, 0.5) is 0 Å². The standard InChI is InChI=1S/C15H31N3O2/c1-5-17(6-2)14(19)11-9-13(16)10-12-15(20)18(7-3)8-4/h13H,5-12,16H2,1-4H3. The summed E-state index contributed by atoms with van der Waals surface area (Å²) < 4.78 is 0. The molecule has 0 saturated carbocycles. The molecule has 5 heteroatoms. The molecule has 0 spiro atoms. The number of hydrogen-bond acceptors (Lipinski definition) is 3. The van der Waals surface area contributed by atoms with Gasteiger partial charge in [0.15, 0.2) is 0 Å². The lowest BCUT2D eigenvalue weighted by Gasteiger charge is -2.21. The van der Waals surface area contributed by atoms with Crippen molar-refractivity contribution in [2.45, 2.75) is 59.4 Å². The summed E-state index contributed by atoms with van der Waals surface area (Å²) in [4.78, 5) is 27.3. The van der Waals surface area contributed by atoms with Crippen molar-refractivity contribution < 1.29 is 9.59 Å². The van der Waals surface area contributed by atoms with Crippen LogP contribution in [0, 0.1) is 0 Å². The van der Waals surface area contributed by atoms with E-state index in [-0.39, 0.29) is 17.9 Å². The monoisotopic (exact) mass is 285 g/mol. The van der Waals surface area contributed by atoms with Crippen LogP contribution < -0.4 is 5.73 Å². The maximum atomic E-state index is 11.8. The Morgan fingerprint density at radius 2 is 1.10 bits per heavy atom. The van der Waals surface area contributed by atoms with Gasteiger partial charge in [0, 0.05) is 45.1 Å². The third kappa shape index (κ3) is 6.89. The molecule has 118 valence electrons. The molecular weight excluding hydrogens is 254 g/mol. The average Bonchev–Trinajstić information content (AvgIpc) is 2.45. The van der Waals surface area contributed by atoms with Crippen molar-refractivity contribution in [2.24, 2.45) is 5.73 Å². The molecule has 0 heterocycles. The van der Waals surface area contributed by atoms with E-state index in [0.717, 1.165) is 26.2 Å². The topological polar surface area (TPSA) is 66.6 Å². The van der Waals surface area contributed by atoms with E-state index in [1.54, 1.807) is 0 Å². The Morgan fingerprint density at radius 1 is 0.800 bits per heavy atom. The number of nitrogens with zero attached hydrogens (tertiary/aromatic N) is 2. The lowest BCUT2D eigenvalue weighted by molar-refractivity contribution is -0.131. The third-order valence-corrected chi connectivity index (χ3v) is 3.69. The van der Waals surface area contributed by atoms with Crippen LogP contribution in [-0.2, 0) is 9.59 Å². The Balaban J connectivity index is 3.97. The van der Waals surface area contributed by atoms with Crippen LogP contribution in [0.3, 0.4) is 0 Å². The first-order valence-corrected chi connectivity index (χ1v) is 7.81. The molecule has 2 N–H and O–H groups in total. The molecule has 0 fully saturated rings. The molecule has 0 aliphatic rings. The molecule has 0 rings (SSSR count). The van der Waals surface area contributed by atoms with Crippen LogP contribution in [0.15, 0.2) is 0 Å². The first kappa shape index (κ1) is 18.9. The molecule has 5 nitrogen and oxygen atoms in total. The summed E-state index contributed by atoms with van der Waals surface area (Å²) in [6.45, 7) is 10.9. The fourth-order valence-electron chi connectivity index (χ4n) is 2.23. The van der Waals surface area contributed by atoms with Crippen molar-refractivity contribution in [2.75, 3.05) is 26.2 Å². The maximum absolute atomic E-state index is 11.8. The molecule has 0 aromatic carbocycles. The number of carbonyl (C=O) groups is 2. The van der Waals surface area contributed by atoms with E-state index in [2.05, 4.69) is 0 Å². The summed E-state index contributed by atoms with van der Waals surface area (Å²) in [5.41, 5.74) is 5.99. The van der Waals surface area contributed by atoms with E-state index in [1.165, 1.54) is 0 Å². The lowest BCUT2D eigenvalue weighted by atomic mass is 10.1. The molecule has 0 aliphatic carbocycles. The van der Waals surface area contributed by atoms with Crippen molar-refractivity contribution in [3.63, 3.8) is 0 Å². The zero-order valence-electron chi connectivity index (χ0n) is 13.5. The van der Waals surface area contributed by atoms with E-state index in [4.69, 9.17) is 5.73 Å². The van der Waals surface area contributed by atoms with E-state index >= 15 is 0 Å². The third-order valence-electron chi connectivity index (χ3n) is 3.69. The van der Waals surface area contributed by atoms with Crippen LogP contribution in [0.5, 0.6) is 0 Å². The van der Waals surface area contributed by atoms with E-state index in [0.29, 0.717) is 25.7 Å². The molecule has 0 unspecified atom stereocenters. The quantitative estimate of drug-likeness (QED) is 0.663. The van der Waals surface area contributed by atoms with Crippen LogP contribution in [0.1, 0.15) is 53.4 Å². The maximum Gasteiger partial charge on any atom is 0.222 e. The minimum atomic E-state index is -0.0750. The fourth-order valence-corrected chi connectivity index (χ4v) is 2.23. The highest BCUT2D eigenvalue weighted by Crippen LogP contribution is 2.07. The summed E-state index contributed by atoms with van der Waals surface area (Å²) >= 11 is 0. The SMILES string of the molecule is CCN(CC)C(=O)CCC(N)CCC(=O)N(CC)CC. The molecule has 0 radical (unpaired) electrons. The summed E-state index contributed by atoms with van der Waals surface area (Å²) in [5, 5.41) is 0. The van der Waals surface area contributed by atoms with Crippen LogP contribution in [0.2, 0.25) is 0 Å². The minimum absolute atomic E-state index is 0.0750. The second-order valence-corrected chi connectivity index (χ2v) is 4.97. The number of hydrogen-bond donors (Lipinski definition) is 1. The highest BCUT2D eigenvalue weighted by molar-refractivity contribution is 5.76. The van der Waals surface area contributed by atoms with Crippen molar-refractivity contribution >= 4 is 11.8 Å². The van der Waals surface area contributed by atoms with Crippen molar-refractivity contribution in [1.29, 1.82) is 0 Å². The van der Waals surface area contributed by atoms with E-state index in [9.17, 15) is 9.59 Å². The molecule has 0 aromatic rings. The molecule has 0 atom stereocenters. The van der Waals surface area contributed by atoms with Gasteiger partial charge in [0.1, 0.15) is 0 Å². The number of amides is 2. The molecule has 2 amide bonds. The Bertz CT molecular complexity index is 259. The smallest absolute Gasteiger partial charge is 0.222 e. The highest BCUT2D eigenvalue weighted by atomic mass is 16.2. The van der Waals surface area contributed by atoms with Gasteiger partial charge in [0.25, 0.3) is 0 Å². The normalized spacial score (nSPS) is 10.7. The van der Waals surface area contributed by atoms with Gasteiger partial charge in [-0.1, -0.05) is 0 Å². The molecule has 0 aliphatic heterocycles. The van der Waals surface area contributed by atoms with Crippen molar-refractivity contribution in [3.05, 3.63) is 0 Å². The fraction of sp³-hybridized carbons (Fsp3) is 0.867. The molecule has 0 saturated heterocycles. The van der Waals surface area contributed by atoms with Gasteiger partial charge in [0.05, 0.1) is 0 Å². The van der Waals surface area contributed by atoms with Crippen molar-refractivity contribution in [3.8, 4) is 0 Å². The van der Waals surface area contributed by atoms with Crippen LogP contribution >= 0.6 is 0 Å². The molecule has 20 heavy (non-hydrogen) atoms. The summed E-state index contributed by atoms with van der Waals surface area (Å²) in [6.07, 6.45) is 2.26. The van der Waals surface area contributed by atoms with Crippen LogP contribution in [-0.4, -0.2) is 53.8 Å². The van der Waals surface area contributed by atoms with Gasteiger partial charge < -0.3 is 15.5 Å². The predicted molar refractivity (Wildman–Crippen MR) is 82.3 cm³/mol. The Kier molecular flexibility index (Phi) is 10.1. The zero-order valence-corrected chi connectivity index (χ0v) is 13.5. The second kappa shape index (κ2) is 10.7. The predicted octanol–water partition coefficient (Wildman–Crippen LogP) is 1.61. The Hall–Kier alpha value is -1.10. The second-order valence-electron chi connectivity index (χ2n) is 4.97. The van der Waals surface area contributed by atoms with Crippen molar-refractivity contribution in [1.82, 2.24) is 9.80 Å². The molecule has 0 bridgehead atoms. The minimum Gasteiger partial charge on any atom is -0.343 e. The van der Waals surface area contributed by atoms with Gasteiger partial charge in [-0.3, -0.25) is 9.59 Å². The Morgan fingerprint density at radius 3 is 1.35 bits per heavy atom. The van der Waals surface area contributed by atoms with Gasteiger partial charge in [-0.05, 0) is 40.5 Å². The average molecular weight is 285 g/mol. The van der Waals surface area contributed by atoms with E-state index < -0.39 is 0 Å². The number of carbonyl (C=O) groups excluding carboxylic acids is 2. The van der Waals surface area contributed by atoms with Gasteiger partial charge in [-0.2, -0.15) is 0 Å². The van der Waals surface area contributed by atoms with Gasteiger partial charge in [-0.15, -0.1) is 0 Å². The van der Waals surface area contributed by atoms with E-state index in [1.807, 2.05) is 37.5 Å². The molecule has 0 aromatic heterocycles. The van der Waals surface area contributed by atoms with Gasteiger partial charge in [-0.25, -0.2) is 0 Å². The highest BCUT2D eigenvalue weighted by Gasteiger charge is 2.14. The number of rotatable bonds is 10. The lowest BCUT2D eigenvalue weighted by Crippen LogP contribution is -2.33. The summed E-state index contributed by atoms with van der Waals surface area (Å²) in [6, 6.07) is -0.0750. The van der Waals surface area contributed by atoms with Gasteiger partial charge >= 0.3 is 0 Å². The summed E-state index contributed by atoms with van der Waals surface area (Å²) in [7, 11) is 0. The largest absolute Gasteiger partial charge is 0.343 e. The summed E-state index contributed by atoms with van der Waals surface area (Å²) in [5.74, 6) is 0.307. The number of nitrogens with two attached hydrogens (primary N) is 1. The zero-order chi connectivity index (χ0) is 15.5. The first-order chi connectivity index (χ1) is 9.49. The van der Waals surface area contributed by atoms with Gasteiger partial charge in [0.2, 0.25) is 11.8 Å². The first-order valence-electron chi connectivity index (χ1n) is 7.81.